The highest BCUT2D eigenvalue weighted by atomic mass is 16.7. The van der Waals surface area contributed by atoms with E-state index in [1.807, 2.05) is 39.0 Å². The van der Waals surface area contributed by atoms with Crippen LogP contribution in [-0.2, 0) is 21.8 Å². The van der Waals surface area contributed by atoms with Crippen molar-refractivity contribution >= 4 is 39.8 Å². The minimum Gasteiger partial charge on any atom is -0.397 e. The molecule has 0 aliphatic carbocycles. The maximum Gasteiger partial charge on any atom is 0.267 e. The molecule has 11 heteroatoms. The summed E-state index contributed by atoms with van der Waals surface area (Å²) in [6.07, 6.45) is 5.00. The molecule has 0 radical (unpaired) electrons. The van der Waals surface area contributed by atoms with Crippen LogP contribution in [0, 0.1) is 6.92 Å². The predicted molar refractivity (Wildman–Crippen MR) is 129 cm³/mol. The molecule has 0 aromatic carbocycles. The van der Waals surface area contributed by atoms with E-state index >= 15 is 0 Å². The Morgan fingerprint density at radius 1 is 1.12 bits per heavy atom. The van der Waals surface area contributed by atoms with E-state index in [-0.39, 0.29) is 12.5 Å². The number of nitrogens with two attached hydrogens (primary N) is 2. The second-order valence-corrected chi connectivity index (χ2v) is 8.77. The zero-order chi connectivity index (χ0) is 24.2. The Morgan fingerprint density at radius 3 is 2.71 bits per heavy atom. The molecule has 0 saturated heterocycles. The summed E-state index contributed by atoms with van der Waals surface area (Å²) < 4.78 is 1.64. The van der Waals surface area contributed by atoms with E-state index < -0.39 is 5.60 Å². The Kier molecular flexibility index (Phi) is 4.87. The number of hydroxylamine groups is 2. The number of anilines is 4. The zero-order valence-electron chi connectivity index (χ0n) is 19.3. The van der Waals surface area contributed by atoms with Gasteiger partial charge in [-0.25, -0.2) is 15.0 Å². The van der Waals surface area contributed by atoms with Gasteiger partial charge in [0.05, 0.1) is 23.3 Å². The lowest BCUT2D eigenvalue weighted by atomic mass is 10.0. The number of carbonyl (C=O) groups is 1. The van der Waals surface area contributed by atoms with Crippen LogP contribution in [0.4, 0.5) is 23.1 Å². The summed E-state index contributed by atoms with van der Waals surface area (Å²) in [4.78, 5) is 31.2. The summed E-state index contributed by atoms with van der Waals surface area (Å²) >= 11 is 0. The largest absolute Gasteiger partial charge is 0.397 e. The number of pyridine rings is 3. The molecule has 0 spiro atoms. The molecule has 1 aliphatic heterocycles. The molecule has 5 N–H and O–H groups in total. The highest BCUT2D eigenvalue weighted by Gasteiger charge is 2.34. The number of likely N-dealkylation sites (N-methyl/N-ethyl adjacent to an activating group) is 1. The lowest BCUT2D eigenvalue weighted by Crippen LogP contribution is -2.33. The van der Waals surface area contributed by atoms with Crippen LogP contribution >= 0.6 is 0 Å². The van der Waals surface area contributed by atoms with Crippen LogP contribution in [0.25, 0.3) is 22.0 Å². The highest BCUT2D eigenvalue weighted by Crippen LogP contribution is 2.33. The number of nitrogens with zero attached hydrogens (tertiary/aromatic N) is 6. The Bertz CT molecular complexity index is 1440. The summed E-state index contributed by atoms with van der Waals surface area (Å²) in [5, 5.41) is 10.6. The van der Waals surface area contributed by atoms with Crippen LogP contribution < -0.4 is 16.8 Å². The van der Waals surface area contributed by atoms with Crippen LogP contribution in [0.2, 0.25) is 0 Å². The molecule has 0 unspecified atom stereocenters. The van der Waals surface area contributed by atoms with Gasteiger partial charge in [-0.05, 0) is 43.9 Å². The summed E-state index contributed by atoms with van der Waals surface area (Å²) in [5.74, 6) is 1.30. The number of aromatic nitrogens is 5. The van der Waals surface area contributed by atoms with Gasteiger partial charge in [-0.2, -0.15) is 5.10 Å². The van der Waals surface area contributed by atoms with Crippen molar-refractivity contribution in [1.29, 1.82) is 0 Å². The quantitative estimate of drug-likeness (QED) is 0.420. The Hall–Kier alpha value is -4.25. The number of carbonyl (C=O) groups excluding carboxylic acids is 1. The van der Waals surface area contributed by atoms with Crippen molar-refractivity contribution in [3.63, 3.8) is 0 Å². The fourth-order valence-corrected chi connectivity index (χ4v) is 4.06. The van der Waals surface area contributed by atoms with Crippen molar-refractivity contribution in [2.75, 3.05) is 23.8 Å². The van der Waals surface area contributed by atoms with E-state index in [0.717, 1.165) is 27.6 Å². The van der Waals surface area contributed by atoms with E-state index in [1.54, 1.807) is 30.3 Å². The van der Waals surface area contributed by atoms with Crippen LogP contribution in [-0.4, -0.2) is 42.8 Å². The van der Waals surface area contributed by atoms with Gasteiger partial charge in [-0.15, -0.1) is 0 Å². The average molecular weight is 460 g/mol. The van der Waals surface area contributed by atoms with Crippen molar-refractivity contribution in [3.05, 3.63) is 48.0 Å². The Labute approximate surface area is 195 Å². The summed E-state index contributed by atoms with van der Waals surface area (Å²) in [6.45, 7) is 5.78. The molecule has 11 nitrogen and oxygen atoms in total. The fraction of sp³-hybridized carbons (Fsp3) is 0.261. The molecule has 0 fully saturated rings. The maximum absolute atomic E-state index is 12.3. The first-order chi connectivity index (χ1) is 16.1. The number of amides is 1. The van der Waals surface area contributed by atoms with E-state index in [1.165, 1.54) is 5.06 Å². The molecule has 4 aromatic heterocycles. The molecule has 34 heavy (non-hydrogen) atoms. The van der Waals surface area contributed by atoms with Gasteiger partial charge in [0.2, 0.25) is 0 Å². The minimum absolute atomic E-state index is 0.0846. The van der Waals surface area contributed by atoms with Gasteiger partial charge >= 0.3 is 0 Å². The molecule has 0 saturated carbocycles. The Morgan fingerprint density at radius 2 is 1.91 bits per heavy atom. The van der Waals surface area contributed by atoms with E-state index in [4.69, 9.17) is 16.3 Å². The first-order valence-corrected chi connectivity index (χ1v) is 10.7. The first-order valence-electron chi connectivity index (χ1n) is 10.7. The van der Waals surface area contributed by atoms with Gasteiger partial charge in [0.15, 0.2) is 5.82 Å². The van der Waals surface area contributed by atoms with Gasteiger partial charge < -0.3 is 16.8 Å². The van der Waals surface area contributed by atoms with Gasteiger partial charge in [0.25, 0.3) is 5.91 Å². The van der Waals surface area contributed by atoms with Crippen LogP contribution in [0.3, 0.4) is 0 Å². The molecule has 5 heterocycles. The van der Waals surface area contributed by atoms with Crippen molar-refractivity contribution in [3.8, 4) is 11.3 Å². The summed E-state index contributed by atoms with van der Waals surface area (Å²) in [6, 6.07) is 5.65. The summed E-state index contributed by atoms with van der Waals surface area (Å²) in [5.41, 5.74) is 15.3. The molecule has 0 bridgehead atoms. The van der Waals surface area contributed by atoms with Gasteiger partial charge in [-0.3, -0.25) is 19.3 Å². The van der Waals surface area contributed by atoms with Crippen LogP contribution in [0.15, 0.2) is 36.8 Å². The van der Waals surface area contributed by atoms with E-state index in [9.17, 15) is 4.79 Å². The predicted octanol–water partition coefficient (Wildman–Crippen LogP) is 2.74. The second-order valence-electron chi connectivity index (χ2n) is 8.77. The number of hydrogen-bond acceptors (Lipinski definition) is 9. The first kappa shape index (κ1) is 21.6. The van der Waals surface area contributed by atoms with Crippen molar-refractivity contribution in [2.45, 2.75) is 32.9 Å². The highest BCUT2D eigenvalue weighted by molar-refractivity contribution is 5.95. The number of nitrogen functional groups attached to an aromatic ring is 2. The zero-order valence-corrected chi connectivity index (χ0v) is 19.3. The molecular weight excluding hydrogens is 434 g/mol. The van der Waals surface area contributed by atoms with E-state index in [0.29, 0.717) is 28.8 Å². The van der Waals surface area contributed by atoms with E-state index in [2.05, 4.69) is 25.4 Å². The third kappa shape index (κ3) is 3.65. The SMILES string of the molecule is Cc1c(N)cncc1-c1cc2cc(Nc3cc4n(n3)CC(=O)N(C)OC4(C)C)ncc2c(N)n1. The number of fused-ring (bicyclic) bond motifs is 2. The lowest BCUT2D eigenvalue weighted by Gasteiger charge is -2.26. The smallest absolute Gasteiger partial charge is 0.267 e. The Balaban J connectivity index is 1.51. The standard InChI is InChI=1S/C23H25N9O2/c1-12-14(8-26-10-16(12)24)17-5-13-6-19(27-9-15(13)22(25)28-17)29-20-7-18-23(2,3)34-31(4)21(33)11-32(18)30-20/h5-10H,11,24H2,1-4H3,(H2,25,28)(H,27,29,30). The van der Waals surface area contributed by atoms with Gasteiger partial charge in [0.1, 0.15) is 23.8 Å². The average Bonchev–Trinajstić information content (AvgIpc) is 3.15. The van der Waals surface area contributed by atoms with Gasteiger partial charge in [-0.1, -0.05) is 0 Å². The fourth-order valence-electron chi connectivity index (χ4n) is 4.06. The molecule has 4 aromatic rings. The van der Waals surface area contributed by atoms with Crippen LogP contribution in [0.5, 0.6) is 0 Å². The van der Waals surface area contributed by atoms with Crippen molar-refractivity contribution in [2.24, 2.45) is 0 Å². The summed E-state index contributed by atoms with van der Waals surface area (Å²) in [7, 11) is 1.60. The maximum atomic E-state index is 12.3. The molecule has 0 atom stereocenters. The number of nitrogens with one attached hydrogen (secondary N) is 1. The lowest BCUT2D eigenvalue weighted by molar-refractivity contribution is -0.221. The number of rotatable bonds is 3. The molecule has 5 rings (SSSR count). The van der Waals surface area contributed by atoms with Gasteiger partial charge in [0, 0.05) is 36.5 Å². The second kappa shape index (κ2) is 7.66. The van der Waals surface area contributed by atoms with Crippen molar-refractivity contribution in [1.82, 2.24) is 29.8 Å². The molecule has 174 valence electrons. The molecule has 1 aliphatic rings. The topological polar surface area (TPSA) is 150 Å². The molecule has 1 amide bonds. The normalized spacial score (nSPS) is 15.3. The third-order valence-corrected chi connectivity index (χ3v) is 5.93. The molecular formula is C23H25N9O2. The van der Waals surface area contributed by atoms with Crippen LogP contribution in [0.1, 0.15) is 25.1 Å². The minimum atomic E-state index is -0.733. The number of hydrogen-bond donors (Lipinski definition) is 3. The third-order valence-electron chi connectivity index (χ3n) is 5.93. The monoisotopic (exact) mass is 459 g/mol. The van der Waals surface area contributed by atoms with Crippen molar-refractivity contribution < 1.29 is 9.63 Å².